The zero-order chi connectivity index (χ0) is 13.4. The van der Waals surface area contributed by atoms with Gasteiger partial charge in [0.05, 0.1) is 37.3 Å². The minimum atomic E-state index is 0.266. The Bertz CT molecular complexity index is 446. The molecule has 2 aliphatic heterocycles. The van der Waals surface area contributed by atoms with Gasteiger partial charge >= 0.3 is 0 Å². The Morgan fingerprint density at radius 1 is 1.58 bits per heavy atom. The van der Waals surface area contributed by atoms with Gasteiger partial charge in [0.15, 0.2) is 5.75 Å². The Morgan fingerprint density at radius 3 is 3.00 bits per heavy atom. The summed E-state index contributed by atoms with van der Waals surface area (Å²) in [5.74, 6) is 1.40. The molecule has 0 aliphatic carbocycles. The van der Waals surface area contributed by atoms with Crippen molar-refractivity contribution >= 4 is 0 Å². The van der Waals surface area contributed by atoms with Gasteiger partial charge < -0.3 is 14.8 Å². The predicted octanol–water partition coefficient (Wildman–Crippen LogP) is 1.65. The number of aryl methyl sites for hydroxylation is 1. The van der Waals surface area contributed by atoms with Crippen molar-refractivity contribution < 1.29 is 9.47 Å². The minimum Gasteiger partial charge on any atom is -0.493 e. The number of ether oxygens (including phenoxy) is 2. The van der Waals surface area contributed by atoms with Crippen LogP contribution in [-0.2, 0) is 11.8 Å². The highest BCUT2D eigenvalue weighted by atomic mass is 16.5. The average molecular weight is 265 g/mol. The minimum absolute atomic E-state index is 0.266. The molecule has 4 unspecified atom stereocenters. The van der Waals surface area contributed by atoms with Crippen LogP contribution in [0.1, 0.15) is 37.9 Å². The Kier molecular flexibility index (Phi) is 3.50. The number of nitrogens with one attached hydrogen (secondary N) is 1. The maximum absolute atomic E-state index is 6.01. The number of rotatable bonds is 5. The fourth-order valence-corrected chi connectivity index (χ4v) is 3.64. The molecule has 1 aromatic rings. The molecule has 3 rings (SSSR count). The van der Waals surface area contributed by atoms with Crippen molar-refractivity contribution in [2.45, 2.75) is 44.4 Å². The molecule has 19 heavy (non-hydrogen) atoms. The summed E-state index contributed by atoms with van der Waals surface area (Å²) in [5.41, 5.74) is 1.14. The normalized spacial score (nSPS) is 30.8. The first-order valence-electron chi connectivity index (χ1n) is 7.19. The van der Waals surface area contributed by atoms with Crippen LogP contribution in [0.5, 0.6) is 5.75 Å². The smallest absolute Gasteiger partial charge is 0.161 e. The van der Waals surface area contributed by atoms with Gasteiger partial charge in [-0.1, -0.05) is 6.92 Å². The van der Waals surface area contributed by atoms with E-state index in [2.05, 4.69) is 17.3 Å². The van der Waals surface area contributed by atoms with Gasteiger partial charge in [-0.05, 0) is 25.8 Å². The van der Waals surface area contributed by atoms with Crippen molar-refractivity contribution in [1.29, 1.82) is 0 Å². The van der Waals surface area contributed by atoms with E-state index in [1.807, 2.05) is 11.7 Å². The molecule has 0 spiro atoms. The standard InChI is InChI=1S/C14H23N3O2/c1-4-15-13(10-7-9-5-6-11(10)19-9)14-12(18-3)8-16-17(14)2/h8-11,13,15H,4-7H2,1-3H3. The Labute approximate surface area is 114 Å². The molecule has 5 heteroatoms. The summed E-state index contributed by atoms with van der Waals surface area (Å²) >= 11 is 0. The molecule has 1 aromatic heterocycles. The van der Waals surface area contributed by atoms with E-state index in [1.165, 1.54) is 12.8 Å². The van der Waals surface area contributed by atoms with E-state index in [0.717, 1.165) is 24.4 Å². The molecule has 2 saturated heterocycles. The zero-order valence-electron chi connectivity index (χ0n) is 11.9. The summed E-state index contributed by atoms with van der Waals surface area (Å²) < 4.78 is 13.4. The first-order valence-corrected chi connectivity index (χ1v) is 7.19. The second kappa shape index (κ2) is 5.13. The third-order valence-corrected chi connectivity index (χ3v) is 4.47. The summed E-state index contributed by atoms with van der Waals surface area (Å²) in [6.45, 7) is 3.08. The average Bonchev–Trinajstić information content (AvgIpc) is 3.11. The number of aromatic nitrogens is 2. The van der Waals surface area contributed by atoms with Crippen LogP contribution in [0.3, 0.4) is 0 Å². The molecule has 4 atom stereocenters. The second-order valence-corrected chi connectivity index (χ2v) is 5.53. The zero-order valence-corrected chi connectivity index (χ0v) is 11.9. The van der Waals surface area contributed by atoms with Crippen LogP contribution in [-0.4, -0.2) is 35.6 Å². The Balaban J connectivity index is 1.90. The third kappa shape index (κ3) is 2.15. The van der Waals surface area contributed by atoms with E-state index >= 15 is 0 Å². The van der Waals surface area contributed by atoms with Gasteiger partial charge in [-0.15, -0.1) is 0 Å². The number of fused-ring (bicyclic) bond motifs is 2. The van der Waals surface area contributed by atoms with Crippen LogP contribution in [0, 0.1) is 5.92 Å². The lowest BCUT2D eigenvalue weighted by Crippen LogP contribution is -2.35. The highest BCUT2D eigenvalue weighted by molar-refractivity contribution is 5.29. The number of hydrogen-bond donors (Lipinski definition) is 1. The van der Waals surface area contributed by atoms with Gasteiger partial charge in [-0.2, -0.15) is 5.10 Å². The summed E-state index contributed by atoms with van der Waals surface area (Å²) in [4.78, 5) is 0. The van der Waals surface area contributed by atoms with Crippen molar-refractivity contribution in [3.8, 4) is 5.75 Å². The lowest BCUT2D eigenvalue weighted by molar-refractivity contribution is 0.0849. The van der Waals surface area contributed by atoms with Gasteiger partial charge in [-0.3, -0.25) is 4.68 Å². The molecule has 5 nitrogen and oxygen atoms in total. The molecule has 106 valence electrons. The molecule has 1 N–H and O–H groups in total. The molecular weight excluding hydrogens is 242 g/mol. The number of nitrogens with zero attached hydrogens (tertiary/aromatic N) is 2. The van der Waals surface area contributed by atoms with E-state index in [9.17, 15) is 0 Å². The molecular formula is C14H23N3O2. The Hall–Kier alpha value is -1.07. The first-order chi connectivity index (χ1) is 9.24. The van der Waals surface area contributed by atoms with Crippen LogP contribution in [0.15, 0.2) is 6.20 Å². The Morgan fingerprint density at radius 2 is 2.42 bits per heavy atom. The van der Waals surface area contributed by atoms with Crippen molar-refractivity contribution in [3.63, 3.8) is 0 Å². The monoisotopic (exact) mass is 265 g/mol. The highest BCUT2D eigenvalue weighted by Gasteiger charge is 2.45. The van der Waals surface area contributed by atoms with Crippen LogP contribution >= 0.6 is 0 Å². The van der Waals surface area contributed by atoms with Gasteiger partial charge in [0, 0.05) is 13.0 Å². The first kappa shape index (κ1) is 12.9. The maximum atomic E-state index is 6.01. The fourth-order valence-electron chi connectivity index (χ4n) is 3.64. The molecule has 2 aliphatic rings. The van der Waals surface area contributed by atoms with E-state index in [4.69, 9.17) is 9.47 Å². The van der Waals surface area contributed by atoms with Crippen molar-refractivity contribution in [2.24, 2.45) is 13.0 Å². The predicted molar refractivity (Wildman–Crippen MR) is 72.2 cm³/mol. The maximum Gasteiger partial charge on any atom is 0.161 e. The van der Waals surface area contributed by atoms with Crippen molar-refractivity contribution in [2.75, 3.05) is 13.7 Å². The number of hydrogen-bond acceptors (Lipinski definition) is 4. The van der Waals surface area contributed by atoms with Gasteiger partial charge in [0.25, 0.3) is 0 Å². The van der Waals surface area contributed by atoms with Crippen LogP contribution < -0.4 is 10.1 Å². The summed E-state index contributed by atoms with van der Waals surface area (Å²) in [7, 11) is 3.69. The van der Waals surface area contributed by atoms with Crippen LogP contribution in [0.4, 0.5) is 0 Å². The SMILES string of the molecule is CCNC(c1c(OC)cnn1C)C1CC2CCC1O2. The second-order valence-electron chi connectivity index (χ2n) is 5.53. The molecule has 2 fully saturated rings. The summed E-state index contributed by atoms with van der Waals surface area (Å²) in [5, 5.41) is 7.94. The van der Waals surface area contributed by atoms with Crippen LogP contribution in [0.2, 0.25) is 0 Å². The molecule has 0 radical (unpaired) electrons. The lowest BCUT2D eigenvalue weighted by Gasteiger charge is -2.29. The third-order valence-electron chi connectivity index (χ3n) is 4.47. The molecule has 3 heterocycles. The van der Waals surface area contributed by atoms with Gasteiger partial charge in [-0.25, -0.2) is 0 Å². The topological polar surface area (TPSA) is 48.3 Å². The van der Waals surface area contributed by atoms with Crippen LogP contribution in [0.25, 0.3) is 0 Å². The summed E-state index contributed by atoms with van der Waals surface area (Å²) in [6, 6.07) is 0.266. The summed E-state index contributed by atoms with van der Waals surface area (Å²) in [6.07, 6.45) is 6.23. The molecule has 0 aromatic carbocycles. The van der Waals surface area contributed by atoms with Crippen molar-refractivity contribution in [3.05, 3.63) is 11.9 Å². The van der Waals surface area contributed by atoms with E-state index < -0.39 is 0 Å². The lowest BCUT2D eigenvalue weighted by atomic mass is 9.82. The quantitative estimate of drug-likeness (QED) is 0.879. The number of methoxy groups -OCH3 is 1. The van der Waals surface area contributed by atoms with Crippen molar-refractivity contribution in [1.82, 2.24) is 15.1 Å². The van der Waals surface area contributed by atoms with E-state index in [0.29, 0.717) is 18.1 Å². The van der Waals surface area contributed by atoms with E-state index in [-0.39, 0.29) is 6.04 Å². The fraction of sp³-hybridized carbons (Fsp3) is 0.786. The molecule has 2 bridgehead atoms. The van der Waals surface area contributed by atoms with E-state index in [1.54, 1.807) is 13.3 Å². The largest absolute Gasteiger partial charge is 0.493 e. The molecule has 0 saturated carbocycles. The highest BCUT2D eigenvalue weighted by Crippen LogP contribution is 2.45. The van der Waals surface area contributed by atoms with Gasteiger partial charge in [0.2, 0.25) is 0 Å². The van der Waals surface area contributed by atoms with Gasteiger partial charge in [0.1, 0.15) is 0 Å². The molecule has 0 amide bonds.